The van der Waals surface area contributed by atoms with Gasteiger partial charge in [-0.15, -0.1) is 0 Å². The summed E-state index contributed by atoms with van der Waals surface area (Å²) in [6.45, 7) is 0. The van der Waals surface area contributed by atoms with Gasteiger partial charge < -0.3 is 20.3 Å². The molecule has 1 aliphatic rings. The van der Waals surface area contributed by atoms with Crippen molar-refractivity contribution in [1.29, 1.82) is 0 Å². The predicted molar refractivity (Wildman–Crippen MR) is 88.2 cm³/mol. The summed E-state index contributed by atoms with van der Waals surface area (Å²) in [6, 6.07) is 7.46. The molecule has 1 saturated heterocycles. The molecule has 126 valence electrons. The number of benzene rings is 1. The first kappa shape index (κ1) is 16.7. The van der Waals surface area contributed by atoms with Crippen molar-refractivity contribution in [3.05, 3.63) is 42.4 Å². The van der Waals surface area contributed by atoms with Gasteiger partial charge in [-0.1, -0.05) is 12.1 Å². The molecule has 2 radical (unpaired) electrons. The Labute approximate surface area is 140 Å². The van der Waals surface area contributed by atoms with Crippen LogP contribution < -0.4 is 10.5 Å². The van der Waals surface area contributed by atoms with Gasteiger partial charge >= 0.3 is 0 Å². The SMILES string of the molecule is COc1cnc2cccc(C(O)C[C@@H]3CC[C]C(C(N)=O)O3)c2c1. The van der Waals surface area contributed by atoms with Gasteiger partial charge in [-0.25, -0.2) is 0 Å². The van der Waals surface area contributed by atoms with Crippen molar-refractivity contribution in [2.75, 3.05) is 7.11 Å². The van der Waals surface area contributed by atoms with E-state index in [9.17, 15) is 9.90 Å². The van der Waals surface area contributed by atoms with Crippen molar-refractivity contribution < 1.29 is 19.4 Å². The first-order valence-corrected chi connectivity index (χ1v) is 7.87. The summed E-state index contributed by atoms with van der Waals surface area (Å²) in [5.74, 6) is 0.0855. The number of aromatic nitrogens is 1. The fourth-order valence-corrected chi connectivity index (χ4v) is 2.96. The van der Waals surface area contributed by atoms with E-state index in [0.717, 1.165) is 16.5 Å². The molecular weight excluding hydrogens is 308 g/mol. The number of hydrogen-bond donors (Lipinski definition) is 2. The molecular formula is C18H20N2O4. The van der Waals surface area contributed by atoms with Crippen LogP contribution in [-0.4, -0.2) is 35.3 Å². The first-order chi connectivity index (χ1) is 11.6. The minimum atomic E-state index is -0.801. The van der Waals surface area contributed by atoms with Crippen LogP contribution in [0.4, 0.5) is 0 Å². The molecule has 3 rings (SSSR count). The van der Waals surface area contributed by atoms with E-state index >= 15 is 0 Å². The standard InChI is InChI=1S/C18H20N2O4/c1-23-12-8-14-13(5-3-6-15(14)20-10-12)16(21)9-11-4-2-7-17(24-11)18(19)22/h3,5-6,8,10-11,16-17,21H,2,4,9H2,1H3,(H2,19,22)/t11-,16?,17?/m0/s1. The quantitative estimate of drug-likeness (QED) is 0.872. The molecule has 24 heavy (non-hydrogen) atoms. The van der Waals surface area contributed by atoms with E-state index in [4.69, 9.17) is 15.2 Å². The lowest BCUT2D eigenvalue weighted by Crippen LogP contribution is -2.38. The van der Waals surface area contributed by atoms with Gasteiger partial charge in [0.1, 0.15) is 11.9 Å². The molecule has 1 aromatic carbocycles. The molecule has 0 spiro atoms. The van der Waals surface area contributed by atoms with Crippen LogP contribution in [0.2, 0.25) is 0 Å². The number of pyridine rings is 1. The van der Waals surface area contributed by atoms with E-state index in [2.05, 4.69) is 11.4 Å². The third-order valence-corrected chi connectivity index (χ3v) is 4.20. The minimum Gasteiger partial charge on any atom is -0.495 e. The Morgan fingerprint density at radius 2 is 2.42 bits per heavy atom. The van der Waals surface area contributed by atoms with Gasteiger partial charge in [0.2, 0.25) is 5.91 Å². The number of fused-ring (bicyclic) bond motifs is 1. The van der Waals surface area contributed by atoms with E-state index in [1.165, 1.54) is 0 Å². The third kappa shape index (κ3) is 3.49. The van der Waals surface area contributed by atoms with Gasteiger partial charge in [0.15, 0.2) is 0 Å². The molecule has 1 aromatic heterocycles. The van der Waals surface area contributed by atoms with Crippen molar-refractivity contribution >= 4 is 16.8 Å². The Morgan fingerprint density at radius 3 is 3.17 bits per heavy atom. The average Bonchev–Trinajstić information content (AvgIpc) is 2.60. The molecule has 1 fully saturated rings. The highest BCUT2D eigenvalue weighted by Crippen LogP contribution is 2.31. The summed E-state index contributed by atoms with van der Waals surface area (Å²) in [6.07, 6.45) is 4.46. The van der Waals surface area contributed by atoms with Gasteiger partial charge in [0.25, 0.3) is 0 Å². The highest BCUT2D eigenvalue weighted by molar-refractivity contribution is 5.83. The Morgan fingerprint density at radius 1 is 1.58 bits per heavy atom. The lowest BCUT2D eigenvalue weighted by atomic mass is 9.94. The summed E-state index contributed by atoms with van der Waals surface area (Å²) in [5.41, 5.74) is 6.81. The molecule has 2 heterocycles. The fraction of sp³-hybridized carbons (Fsp3) is 0.389. The van der Waals surface area contributed by atoms with E-state index in [0.29, 0.717) is 25.0 Å². The smallest absolute Gasteiger partial charge is 0.247 e. The molecule has 2 unspecified atom stereocenters. The Kier molecular flexibility index (Phi) is 4.97. The fourth-order valence-electron chi connectivity index (χ4n) is 2.96. The topological polar surface area (TPSA) is 94.7 Å². The number of aliphatic hydroxyl groups is 1. The van der Waals surface area contributed by atoms with Crippen LogP contribution in [0.25, 0.3) is 10.9 Å². The van der Waals surface area contributed by atoms with Crippen molar-refractivity contribution in [2.45, 2.75) is 37.6 Å². The maximum Gasteiger partial charge on any atom is 0.247 e. The first-order valence-electron chi connectivity index (χ1n) is 7.87. The van der Waals surface area contributed by atoms with Crippen LogP contribution in [-0.2, 0) is 9.53 Å². The summed E-state index contributed by atoms with van der Waals surface area (Å²) < 4.78 is 10.8. The zero-order valence-electron chi connectivity index (χ0n) is 13.4. The lowest BCUT2D eigenvalue weighted by molar-refractivity contribution is -0.135. The van der Waals surface area contributed by atoms with Crippen molar-refractivity contribution in [1.82, 2.24) is 4.98 Å². The monoisotopic (exact) mass is 328 g/mol. The minimum absolute atomic E-state index is 0.243. The average molecular weight is 328 g/mol. The zero-order chi connectivity index (χ0) is 17.1. The molecule has 6 nitrogen and oxygen atoms in total. The lowest BCUT2D eigenvalue weighted by Gasteiger charge is -2.29. The van der Waals surface area contributed by atoms with Crippen LogP contribution in [0.5, 0.6) is 5.75 Å². The van der Waals surface area contributed by atoms with Crippen molar-refractivity contribution in [3.8, 4) is 5.75 Å². The summed E-state index contributed by atoms with van der Waals surface area (Å²) in [4.78, 5) is 15.6. The maximum absolute atomic E-state index is 11.3. The number of amides is 1. The summed E-state index contributed by atoms with van der Waals surface area (Å²) in [5, 5.41) is 11.5. The van der Waals surface area contributed by atoms with Crippen LogP contribution in [0.15, 0.2) is 30.5 Å². The van der Waals surface area contributed by atoms with Crippen LogP contribution >= 0.6 is 0 Å². The van der Waals surface area contributed by atoms with Gasteiger partial charge in [0, 0.05) is 18.2 Å². The number of aliphatic hydroxyl groups excluding tert-OH is 1. The number of rotatable bonds is 5. The predicted octanol–water partition coefficient (Wildman–Crippen LogP) is 1.78. The molecule has 1 aliphatic heterocycles. The third-order valence-electron chi connectivity index (χ3n) is 4.20. The number of methoxy groups -OCH3 is 1. The van der Waals surface area contributed by atoms with Crippen LogP contribution in [0.3, 0.4) is 0 Å². The number of hydrogen-bond acceptors (Lipinski definition) is 5. The molecule has 2 aromatic rings. The normalized spacial score (nSPS) is 22.2. The molecule has 0 saturated carbocycles. The number of ether oxygens (including phenoxy) is 2. The number of primary amides is 1. The summed E-state index contributed by atoms with van der Waals surface area (Å²) >= 11 is 0. The number of nitrogens with two attached hydrogens (primary N) is 1. The maximum atomic E-state index is 11.3. The molecule has 3 atom stereocenters. The number of carbonyl (C=O) groups excluding carboxylic acids is 1. The highest BCUT2D eigenvalue weighted by atomic mass is 16.5. The highest BCUT2D eigenvalue weighted by Gasteiger charge is 2.29. The van der Waals surface area contributed by atoms with Crippen molar-refractivity contribution in [3.63, 3.8) is 0 Å². The van der Waals surface area contributed by atoms with E-state index in [1.54, 1.807) is 13.3 Å². The van der Waals surface area contributed by atoms with Gasteiger partial charge in [-0.05, 0) is 30.5 Å². The zero-order valence-corrected chi connectivity index (χ0v) is 13.4. The second-order valence-corrected chi connectivity index (χ2v) is 5.82. The van der Waals surface area contributed by atoms with E-state index < -0.39 is 18.1 Å². The van der Waals surface area contributed by atoms with E-state index in [1.807, 2.05) is 24.3 Å². The molecule has 6 heteroatoms. The molecule has 0 bridgehead atoms. The second kappa shape index (κ2) is 7.15. The van der Waals surface area contributed by atoms with Crippen LogP contribution in [0, 0.1) is 6.42 Å². The number of nitrogens with zero attached hydrogens (tertiary/aromatic N) is 1. The second-order valence-electron chi connectivity index (χ2n) is 5.82. The van der Waals surface area contributed by atoms with E-state index in [-0.39, 0.29) is 6.10 Å². The molecule has 0 aliphatic carbocycles. The number of carbonyl (C=O) groups is 1. The largest absolute Gasteiger partial charge is 0.495 e. The Bertz CT molecular complexity index is 734. The van der Waals surface area contributed by atoms with Gasteiger partial charge in [0.05, 0.1) is 31.0 Å². The van der Waals surface area contributed by atoms with Crippen LogP contribution in [0.1, 0.15) is 30.9 Å². The molecule has 1 amide bonds. The van der Waals surface area contributed by atoms with Gasteiger partial charge in [-0.2, -0.15) is 0 Å². The Hall–Kier alpha value is -2.18. The van der Waals surface area contributed by atoms with Crippen molar-refractivity contribution in [2.24, 2.45) is 5.73 Å². The molecule has 3 N–H and O–H groups in total. The van der Waals surface area contributed by atoms with Gasteiger partial charge in [-0.3, -0.25) is 9.78 Å². The Balaban J connectivity index is 1.80. The summed E-state index contributed by atoms with van der Waals surface area (Å²) in [7, 11) is 1.58.